The van der Waals surface area contributed by atoms with E-state index in [9.17, 15) is 9.59 Å². The number of benzene rings is 2. The predicted molar refractivity (Wildman–Crippen MR) is 129 cm³/mol. The lowest BCUT2D eigenvalue weighted by molar-refractivity contribution is -0.115. The molecule has 2 aromatic carbocycles. The third-order valence-corrected chi connectivity index (χ3v) is 6.11. The smallest absolute Gasteiger partial charge is 0.286 e. The summed E-state index contributed by atoms with van der Waals surface area (Å²) in [4.78, 5) is 29.6. The van der Waals surface area contributed by atoms with Crippen LogP contribution in [0.25, 0.3) is 0 Å². The summed E-state index contributed by atoms with van der Waals surface area (Å²) < 4.78 is 0. The minimum Gasteiger partial charge on any atom is -0.286 e. The van der Waals surface area contributed by atoms with Crippen molar-refractivity contribution in [3.8, 4) is 0 Å². The number of rotatable bonds is 9. The Kier molecular flexibility index (Phi) is 8.16. The summed E-state index contributed by atoms with van der Waals surface area (Å²) in [6, 6.07) is 13.0. The molecule has 0 spiro atoms. The number of hydrogen-bond acceptors (Lipinski definition) is 2. The van der Waals surface area contributed by atoms with Crippen LogP contribution in [0, 0.1) is 0 Å². The average Bonchev–Trinajstić information content (AvgIpc) is 2.76. The minimum absolute atomic E-state index is 0.367. The van der Waals surface area contributed by atoms with E-state index in [1.807, 2.05) is 0 Å². The van der Waals surface area contributed by atoms with E-state index in [4.69, 9.17) is 23.2 Å². The number of halogens is 2. The van der Waals surface area contributed by atoms with E-state index in [2.05, 4.69) is 13.5 Å². The number of unbranched alkanes of at least 4 members (excludes halogenated alkanes) is 5. The zero-order valence-electron chi connectivity index (χ0n) is 17.8. The number of carbonyl (C=O) groups excluding carboxylic acids is 2. The molecule has 0 aliphatic carbocycles. The van der Waals surface area contributed by atoms with E-state index in [1.165, 1.54) is 24.2 Å². The summed E-state index contributed by atoms with van der Waals surface area (Å²) in [5.74, 6) is -0.367. The van der Waals surface area contributed by atoms with Gasteiger partial charge in [-0.1, -0.05) is 75.2 Å². The molecule has 2 aromatic rings. The maximum absolute atomic E-state index is 13.6. The van der Waals surface area contributed by atoms with Crippen LogP contribution in [0.3, 0.4) is 0 Å². The molecule has 1 aliphatic heterocycles. The molecule has 6 heteroatoms. The molecule has 1 unspecified atom stereocenters. The van der Waals surface area contributed by atoms with Crippen molar-refractivity contribution in [3.63, 3.8) is 0 Å². The van der Waals surface area contributed by atoms with Crippen molar-refractivity contribution in [3.05, 3.63) is 70.7 Å². The first kappa shape index (κ1) is 23.4. The molecule has 164 valence electrons. The number of urea groups is 1. The van der Waals surface area contributed by atoms with Gasteiger partial charge in [0.2, 0.25) is 0 Å². The summed E-state index contributed by atoms with van der Waals surface area (Å²) in [5, 5.41) is 1.13. The number of anilines is 2. The lowest BCUT2D eigenvalue weighted by atomic mass is 9.95. The van der Waals surface area contributed by atoms with E-state index >= 15 is 0 Å². The van der Waals surface area contributed by atoms with Crippen molar-refractivity contribution >= 4 is 46.5 Å². The summed E-state index contributed by atoms with van der Waals surface area (Å²) in [7, 11) is 0. The van der Waals surface area contributed by atoms with Gasteiger partial charge >= 0.3 is 6.03 Å². The molecular formula is C25H28Cl2N2O2. The molecule has 1 atom stereocenters. The first-order chi connectivity index (χ1) is 14.9. The highest BCUT2D eigenvalue weighted by Gasteiger charge is 2.42. The second kappa shape index (κ2) is 10.8. The molecule has 1 heterocycles. The molecule has 0 bridgehead atoms. The molecule has 0 radical (unpaired) electrons. The Labute approximate surface area is 194 Å². The van der Waals surface area contributed by atoms with E-state index in [0.717, 1.165) is 19.3 Å². The predicted octanol–water partition coefficient (Wildman–Crippen LogP) is 7.64. The van der Waals surface area contributed by atoms with Crippen LogP contribution in [-0.4, -0.2) is 18.0 Å². The van der Waals surface area contributed by atoms with Crippen molar-refractivity contribution < 1.29 is 9.59 Å². The monoisotopic (exact) mass is 458 g/mol. The van der Waals surface area contributed by atoms with Crippen LogP contribution in [0.1, 0.15) is 51.9 Å². The van der Waals surface area contributed by atoms with Crippen molar-refractivity contribution in [1.82, 2.24) is 0 Å². The van der Waals surface area contributed by atoms with Crippen molar-refractivity contribution in [1.29, 1.82) is 0 Å². The first-order valence-corrected chi connectivity index (χ1v) is 11.6. The van der Waals surface area contributed by atoms with E-state index in [1.54, 1.807) is 53.4 Å². The Bertz CT molecular complexity index is 926. The highest BCUT2D eigenvalue weighted by molar-refractivity contribution is 6.31. The summed E-state index contributed by atoms with van der Waals surface area (Å²) >= 11 is 12.0. The minimum atomic E-state index is -0.391. The molecule has 0 saturated carbocycles. The molecule has 1 saturated heterocycles. The van der Waals surface area contributed by atoms with Crippen molar-refractivity contribution in [2.75, 3.05) is 9.80 Å². The third kappa shape index (κ3) is 5.50. The standard InChI is InChI=1S/C25H28Cl2N2O2/c1-3-4-5-6-7-8-9-23-18(2)24(30)29(22-16-12-20(27)13-17-22)25(31)28(23)21-14-10-19(26)11-15-21/h10-17,23H,2-9H2,1H3. The Morgan fingerprint density at radius 3 is 1.90 bits per heavy atom. The summed E-state index contributed by atoms with van der Waals surface area (Å²) in [6.07, 6.45) is 7.51. The highest BCUT2D eigenvalue weighted by Crippen LogP contribution is 2.34. The lowest BCUT2D eigenvalue weighted by Gasteiger charge is -2.41. The Balaban J connectivity index is 1.88. The van der Waals surface area contributed by atoms with Gasteiger partial charge in [0.15, 0.2) is 0 Å². The highest BCUT2D eigenvalue weighted by atomic mass is 35.5. The fourth-order valence-electron chi connectivity index (χ4n) is 3.90. The number of imide groups is 1. The molecule has 3 amide bonds. The average molecular weight is 459 g/mol. The second-order valence-corrected chi connectivity index (χ2v) is 8.72. The molecule has 3 rings (SSSR count). The van der Waals surface area contributed by atoms with Gasteiger partial charge in [-0.3, -0.25) is 9.69 Å². The Hall–Kier alpha value is -2.30. The Morgan fingerprint density at radius 2 is 1.32 bits per heavy atom. The zero-order chi connectivity index (χ0) is 22.4. The fraction of sp³-hybridized carbons (Fsp3) is 0.360. The van der Waals surface area contributed by atoms with Gasteiger partial charge in [-0.15, -0.1) is 0 Å². The van der Waals surface area contributed by atoms with Crippen LogP contribution < -0.4 is 9.80 Å². The number of nitrogens with zero attached hydrogens (tertiary/aromatic N) is 2. The molecule has 1 fully saturated rings. The molecule has 1 aliphatic rings. The van der Waals surface area contributed by atoms with Crippen LogP contribution in [0.2, 0.25) is 10.0 Å². The normalized spacial score (nSPS) is 16.9. The number of carbonyl (C=O) groups is 2. The fourth-order valence-corrected chi connectivity index (χ4v) is 4.15. The quantitative estimate of drug-likeness (QED) is 0.286. The molecule has 0 N–H and O–H groups in total. The first-order valence-electron chi connectivity index (χ1n) is 10.8. The molecule has 31 heavy (non-hydrogen) atoms. The molecule has 0 aromatic heterocycles. The van der Waals surface area contributed by atoms with E-state index < -0.39 is 6.03 Å². The van der Waals surface area contributed by atoms with Gasteiger partial charge in [-0.25, -0.2) is 9.69 Å². The largest absolute Gasteiger partial charge is 0.336 e. The van der Waals surface area contributed by atoms with Crippen LogP contribution in [0.15, 0.2) is 60.7 Å². The molecular weight excluding hydrogens is 431 g/mol. The van der Waals surface area contributed by atoms with Gasteiger partial charge in [0, 0.05) is 21.3 Å². The van der Waals surface area contributed by atoms with E-state index in [0.29, 0.717) is 33.4 Å². The van der Waals surface area contributed by atoms with Crippen LogP contribution >= 0.6 is 23.2 Å². The van der Waals surface area contributed by atoms with Crippen LogP contribution in [-0.2, 0) is 4.79 Å². The van der Waals surface area contributed by atoms with Gasteiger partial charge in [-0.05, 0) is 55.0 Å². The second-order valence-electron chi connectivity index (χ2n) is 7.84. The maximum Gasteiger partial charge on any atom is 0.336 e. The van der Waals surface area contributed by atoms with Crippen LogP contribution in [0.5, 0.6) is 0 Å². The van der Waals surface area contributed by atoms with Gasteiger partial charge < -0.3 is 0 Å². The van der Waals surface area contributed by atoms with Crippen molar-refractivity contribution in [2.45, 2.75) is 57.9 Å². The van der Waals surface area contributed by atoms with E-state index in [-0.39, 0.29) is 11.9 Å². The zero-order valence-corrected chi connectivity index (χ0v) is 19.3. The molecule has 4 nitrogen and oxygen atoms in total. The Morgan fingerprint density at radius 1 is 0.806 bits per heavy atom. The summed E-state index contributed by atoms with van der Waals surface area (Å²) in [6.45, 7) is 6.28. The topological polar surface area (TPSA) is 40.6 Å². The van der Waals surface area contributed by atoms with Gasteiger partial charge in [0.05, 0.1) is 11.7 Å². The maximum atomic E-state index is 13.6. The lowest BCUT2D eigenvalue weighted by Crippen LogP contribution is -2.58. The van der Waals surface area contributed by atoms with Gasteiger partial charge in [0.1, 0.15) is 0 Å². The number of amides is 3. The SMILES string of the molecule is C=C1C(=O)N(c2ccc(Cl)cc2)C(=O)N(c2ccc(Cl)cc2)C1CCCCCCCC. The summed E-state index contributed by atoms with van der Waals surface area (Å²) in [5.41, 5.74) is 1.58. The van der Waals surface area contributed by atoms with Gasteiger partial charge in [0.25, 0.3) is 5.91 Å². The van der Waals surface area contributed by atoms with Crippen molar-refractivity contribution in [2.24, 2.45) is 0 Å². The van der Waals surface area contributed by atoms with Crippen LogP contribution in [0.4, 0.5) is 16.2 Å². The third-order valence-electron chi connectivity index (χ3n) is 5.61. The number of hydrogen-bond donors (Lipinski definition) is 0. The van der Waals surface area contributed by atoms with Gasteiger partial charge in [-0.2, -0.15) is 0 Å².